The first-order valence-electron chi connectivity index (χ1n) is 18.0. The Labute approximate surface area is 309 Å². The quantitative estimate of drug-likeness (QED) is 0.180. The van der Waals surface area contributed by atoms with E-state index in [9.17, 15) is 0 Å². The minimum Gasteiger partial charge on any atom is -0.454 e. The van der Waals surface area contributed by atoms with Crippen LogP contribution in [0.2, 0.25) is 0 Å². The molecule has 0 unspecified atom stereocenters. The van der Waals surface area contributed by atoms with Crippen molar-refractivity contribution >= 4 is 54.5 Å². The van der Waals surface area contributed by atoms with E-state index in [1.165, 1.54) is 38.1 Å². The first-order chi connectivity index (χ1) is 26.7. The fraction of sp³-hybridized carbons (Fsp3) is 0. The summed E-state index contributed by atoms with van der Waals surface area (Å²) in [7, 11) is 0. The van der Waals surface area contributed by atoms with E-state index in [1.807, 2.05) is 12.1 Å². The molecule has 4 heterocycles. The monoisotopic (exact) mass is 691 g/mol. The predicted octanol–water partition coefficient (Wildman–Crippen LogP) is 12.1. The molecule has 7 aromatic carbocycles. The van der Waals surface area contributed by atoms with Gasteiger partial charge in [0.1, 0.15) is 5.58 Å². The van der Waals surface area contributed by atoms with Crippen LogP contribution in [0.3, 0.4) is 0 Å². The van der Waals surface area contributed by atoms with Crippen molar-refractivity contribution in [3.05, 3.63) is 176 Å². The van der Waals surface area contributed by atoms with Crippen LogP contribution in [-0.2, 0) is 0 Å². The topological polar surface area (TPSA) is 69.6 Å². The van der Waals surface area contributed by atoms with Crippen LogP contribution in [0.4, 0.5) is 0 Å². The molecule has 6 nitrogen and oxygen atoms in total. The van der Waals surface area contributed by atoms with E-state index in [2.05, 4.69) is 161 Å². The molecule has 0 atom stereocenters. The lowest BCUT2D eigenvalue weighted by Gasteiger charge is -2.11. The molecule has 11 rings (SSSR count). The fourth-order valence-electron chi connectivity index (χ4n) is 7.77. The maximum atomic E-state index is 6.20. The van der Waals surface area contributed by atoms with Crippen LogP contribution in [0, 0.1) is 0 Å². The third kappa shape index (κ3) is 4.89. The second-order valence-corrected chi connectivity index (χ2v) is 13.5. The summed E-state index contributed by atoms with van der Waals surface area (Å²) in [4.78, 5) is 19.5. The molecule has 0 bridgehead atoms. The van der Waals surface area contributed by atoms with Crippen LogP contribution < -0.4 is 0 Å². The molecule has 0 radical (unpaired) electrons. The molecule has 0 fully saturated rings. The molecule has 0 N–H and O–H groups in total. The molecular formula is C48H29N5O. The highest BCUT2D eigenvalue weighted by molar-refractivity contribution is 6.09. The molecule has 0 saturated carbocycles. The van der Waals surface area contributed by atoms with E-state index in [0.29, 0.717) is 17.5 Å². The molecule has 54 heavy (non-hydrogen) atoms. The van der Waals surface area contributed by atoms with Gasteiger partial charge in [0.15, 0.2) is 23.1 Å². The Morgan fingerprint density at radius 3 is 1.69 bits per heavy atom. The van der Waals surface area contributed by atoms with E-state index >= 15 is 0 Å². The largest absolute Gasteiger partial charge is 0.454 e. The molecule has 0 spiro atoms. The van der Waals surface area contributed by atoms with Crippen molar-refractivity contribution in [1.29, 1.82) is 0 Å². The number of rotatable bonds is 5. The Morgan fingerprint density at radius 1 is 0.407 bits per heavy atom. The standard InChI is InChI=1S/C48H29N5O/c1-2-10-36-30(8-1)9-7-13-37(36)31-16-18-32(19-17-31)46-50-47(52-48(51-46)34-22-25-40-41-26-27-49-29-45(41)54-44(40)28-34)33-20-23-35(24-21-33)53-42-14-5-3-11-38(42)39-12-4-6-15-43(39)53/h1-29H. The predicted molar refractivity (Wildman–Crippen MR) is 218 cm³/mol. The minimum absolute atomic E-state index is 0.570. The van der Waals surface area contributed by atoms with E-state index in [1.54, 1.807) is 12.4 Å². The molecule has 4 aromatic heterocycles. The summed E-state index contributed by atoms with van der Waals surface area (Å²) in [6, 6.07) is 57.1. The Morgan fingerprint density at radius 2 is 0.963 bits per heavy atom. The fourth-order valence-corrected chi connectivity index (χ4v) is 7.77. The minimum atomic E-state index is 0.570. The number of furan rings is 1. The number of aromatic nitrogens is 5. The van der Waals surface area contributed by atoms with Crippen LogP contribution >= 0.6 is 0 Å². The normalized spacial score (nSPS) is 11.7. The van der Waals surface area contributed by atoms with Crippen LogP contribution in [0.5, 0.6) is 0 Å². The van der Waals surface area contributed by atoms with Gasteiger partial charge in [0.25, 0.3) is 0 Å². The number of hydrogen-bond acceptors (Lipinski definition) is 5. The molecule has 0 aliphatic heterocycles. The molecule has 0 saturated heterocycles. The first-order valence-corrected chi connectivity index (χ1v) is 18.0. The third-order valence-corrected chi connectivity index (χ3v) is 10.4. The summed E-state index contributed by atoms with van der Waals surface area (Å²) >= 11 is 0. The lowest BCUT2D eigenvalue weighted by atomic mass is 9.97. The maximum absolute atomic E-state index is 6.20. The van der Waals surface area contributed by atoms with Gasteiger partial charge in [-0.15, -0.1) is 0 Å². The van der Waals surface area contributed by atoms with Crippen LogP contribution in [0.1, 0.15) is 0 Å². The van der Waals surface area contributed by atoms with E-state index in [-0.39, 0.29) is 0 Å². The summed E-state index contributed by atoms with van der Waals surface area (Å²) in [5, 5.41) is 6.95. The Kier molecular flexibility index (Phi) is 6.75. The van der Waals surface area contributed by atoms with Gasteiger partial charge < -0.3 is 8.98 Å². The molecule has 6 heteroatoms. The highest BCUT2D eigenvalue weighted by atomic mass is 16.3. The summed E-state index contributed by atoms with van der Waals surface area (Å²) < 4.78 is 8.52. The van der Waals surface area contributed by atoms with Gasteiger partial charge in [0, 0.05) is 50.1 Å². The van der Waals surface area contributed by atoms with Gasteiger partial charge in [-0.1, -0.05) is 109 Å². The van der Waals surface area contributed by atoms with E-state index in [4.69, 9.17) is 19.4 Å². The lowest BCUT2D eigenvalue weighted by molar-refractivity contribution is 0.667. The number of pyridine rings is 1. The second-order valence-electron chi connectivity index (χ2n) is 13.5. The SMILES string of the molecule is c1ccc2c(-c3ccc(-c4nc(-c5ccc(-n6c7ccccc7c7ccccc76)cc5)nc(-c5ccc6c(c5)oc5cnccc56)n4)cc3)cccc2c1. The van der Waals surface area contributed by atoms with Crippen LogP contribution in [0.25, 0.3) is 105 Å². The molecule has 0 aliphatic carbocycles. The van der Waals surface area contributed by atoms with Crippen molar-refractivity contribution in [3.8, 4) is 51.0 Å². The van der Waals surface area contributed by atoms with Crippen molar-refractivity contribution in [1.82, 2.24) is 24.5 Å². The summed E-state index contributed by atoms with van der Waals surface area (Å²) in [5.41, 5.74) is 9.87. The summed E-state index contributed by atoms with van der Waals surface area (Å²) in [6.07, 6.45) is 3.53. The van der Waals surface area contributed by atoms with Gasteiger partial charge in [-0.05, 0) is 76.5 Å². The van der Waals surface area contributed by atoms with Crippen molar-refractivity contribution < 1.29 is 4.42 Å². The third-order valence-electron chi connectivity index (χ3n) is 10.4. The highest BCUT2D eigenvalue weighted by Crippen LogP contribution is 2.35. The van der Waals surface area contributed by atoms with Crippen molar-refractivity contribution in [2.45, 2.75) is 0 Å². The van der Waals surface area contributed by atoms with Gasteiger partial charge in [-0.3, -0.25) is 4.98 Å². The number of fused-ring (bicyclic) bond motifs is 7. The molecule has 0 aliphatic rings. The smallest absolute Gasteiger partial charge is 0.164 e. The number of hydrogen-bond donors (Lipinski definition) is 0. The first kappa shape index (κ1) is 30.2. The average molecular weight is 692 g/mol. The zero-order valence-electron chi connectivity index (χ0n) is 28.9. The van der Waals surface area contributed by atoms with Crippen molar-refractivity contribution in [2.24, 2.45) is 0 Å². The summed E-state index contributed by atoms with van der Waals surface area (Å²) in [5.74, 6) is 1.76. The number of benzene rings is 7. The van der Waals surface area contributed by atoms with Gasteiger partial charge in [0.2, 0.25) is 0 Å². The Balaban J connectivity index is 1.04. The number of para-hydroxylation sites is 2. The van der Waals surface area contributed by atoms with Gasteiger partial charge in [-0.2, -0.15) is 0 Å². The molecule has 252 valence electrons. The molecule has 11 aromatic rings. The van der Waals surface area contributed by atoms with Gasteiger partial charge in [-0.25, -0.2) is 15.0 Å². The zero-order chi connectivity index (χ0) is 35.6. The van der Waals surface area contributed by atoms with E-state index in [0.717, 1.165) is 49.9 Å². The summed E-state index contributed by atoms with van der Waals surface area (Å²) in [6.45, 7) is 0. The van der Waals surface area contributed by atoms with Crippen LogP contribution in [0.15, 0.2) is 181 Å². The second kappa shape index (κ2) is 12.1. The number of nitrogens with zero attached hydrogens (tertiary/aromatic N) is 5. The Bertz CT molecular complexity index is 3160. The van der Waals surface area contributed by atoms with Gasteiger partial charge >= 0.3 is 0 Å². The average Bonchev–Trinajstić information content (AvgIpc) is 3.79. The van der Waals surface area contributed by atoms with Crippen molar-refractivity contribution in [2.75, 3.05) is 0 Å². The molecular weight excluding hydrogens is 663 g/mol. The van der Waals surface area contributed by atoms with Gasteiger partial charge in [0.05, 0.1) is 17.2 Å². The van der Waals surface area contributed by atoms with Crippen molar-refractivity contribution in [3.63, 3.8) is 0 Å². The van der Waals surface area contributed by atoms with E-state index < -0.39 is 0 Å². The van der Waals surface area contributed by atoms with Crippen LogP contribution in [-0.4, -0.2) is 24.5 Å². The highest BCUT2D eigenvalue weighted by Gasteiger charge is 2.17. The zero-order valence-corrected chi connectivity index (χ0v) is 28.9. The lowest BCUT2D eigenvalue weighted by Crippen LogP contribution is -2.00. The molecule has 0 amide bonds. The Hall–Kier alpha value is -7.44. The maximum Gasteiger partial charge on any atom is 0.164 e.